The molecule has 0 spiro atoms. The van der Waals surface area contributed by atoms with Crippen LogP contribution in [0.2, 0.25) is 0 Å². The van der Waals surface area contributed by atoms with Crippen LogP contribution in [0.15, 0.2) is 36.7 Å². The van der Waals surface area contributed by atoms with Crippen LogP contribution in [0.3, 0.4) is 0 Å². The van der Waals surface area contributed by atoms with Crippen LogP contribution in [0.1, 0.15) is 48.0 Å². The molecule has 3 heterocycles. The molecular weight excluding hydrogens is 352 g/mol. The molecule has 2 aliphatic rings. The molecule has 0 bridgehead atoms. The van der Waals surface area contributed by atoms with Crippen LogP contribution in [-0.2, 0) is 4.79 Å². The highest BCUT2D eigenvalue weighted by Crippen LogP contribution is 2.23. The molecule has 0 saturated carbocycles. The number of carbonyl (C=O) groups excluding carboxylic acids is 2. The second-order valence-electron chi connectivity index (χ2n) is 7.96. The third-order valence-corrected chi connectivity index (χ3v) is 5.89. The summed E-state index contributed by atoms with van der Waals surface area (Å²) in [5.41, 5.74) is 2.73. The summed E-state index contributed by atoms with van der Waals surface area (Å²) in [6, 6.07) is 7.57. The van der Waals surface area contributed by atoms with Gasteiger partial charge in [-0.3, -0.25) is 9.59 Å². The van der Waals surface area contributed by atoms with Gasteiger partial charge in [0.25, 0.3) is 5.91 Å². The fraction of sp³-hybridized carbons (Fsp3) is 0.500. The first kappa shape index (κ1) is 18.7. The van der Waals surface area contributed by atoms with E-state index in [0.29, 0.717) is 24.6 Å². The van der Waals surface area contributed by atoms with Crippen molar-refractivity contribution in [1.82, 2.24) is 19.6 Å². The van der Waals surface area contributed by atoms with Gasteiger partial charge in [-0.2, -0.15) is 5.10 Å². The molecule has 2 saturated heterocycles. The van der Waals surface area contributed by atoms with E-state index in [1.54, 1.807) is 4.68 Å². The first-order valence-corrected chi connectivity index (χ1v) is 10.3. The van der Waals surface area contributed by atoms with Crippen molar-refractivity contribution in [2.45, 2.75) is 39.0 Å². The standard InChI is InChI=1S/C22H28N4O2/c1-17-15-23-26(16-17)20-7-5-18(6-8-20)21(27)25-13-9-19(10-14-25)22(28)24-11-3-2-4-12-24/h5-8,15-16,19H,2-4,9-14H2,1H3. The predicted molar refractivity (Wildman–Crippen MR) is 107 cm³/mol. The van der Waals surface area contributed by atoms with E-state index in [-0.39, 0.29) is 11.8 Å². The molecule has 1 aromatic heterocycles. The molecule has 2 aromatic rings. The number of amides is 2. The number of nitrogens with zero attached hydrogens (tertiary/aromatic N) is 4. The summed E-state index contributed by atoms with van der Waals surface area (Å²) in [4.78, 5) is 29.4. The normalized spacial score (nSPS) is 18.3. The monoisotopic (exact) mass is 380 g/mol. The Kier molecular flexibility index (Phi) is 5.46. The highest BCUT2D eigenvalue weighted by atomic mass is 16.2. The van der Waals surface area contributed by atoms with Crippen LogP contribution in [0, 0.1) is 12.8 Å². The van der Waals surface area contributed by atoms with Crippen molar-refractivity contribution in [3.8, 4) is 5.69 Å². The van der Waals surface area contributed by atoms with Crippen LogP contribution in [-0.4, -0.2) is 57.6 Å². The van der Waals surface area contributed by atoms with Crippen molar-refractivity contribution in [1.29, 1.82) is 0 Å². The van der Waals surface area contributed by atoms with Crippen molar-refractivity contribution >= 4 is 11.8 Å². The van der Waals surface area contributed by atoms with Crippen LogP contribution >= 0.6 is 0 Å². The molecule has 0 radical (unpaired) electrons. The molecule has 2 amide bonds. The van der Waals surface area contributed by atoms with Gasteiger partial charge in [0.2, 0.25) is 5.91 Å². The van der Waals surface area contributed by atoms with Crippen molar-refractivity contribution < 1.29 is 9.59 Å². The topological polar surface area (TPSA) is 58.4 Å². The molecule has 2 aliphatic heterocycles. The van der Waals surface area contributed by atoms with Gasteiger partial charge in [-0.15, -0.1) is 0 Å². The Labute approximate surface area is 166 Å². The van der Waals surface area contributed by atoms with Gasteiger partial charge in [0, 0.05) is 43.9 Å². The van der Waals surface area contributed by atoms with E-state index >= 15 is 0 Å². The summed E-state index contributed by atoms with van der Waals surface area (Å²) in [5, 5.41) is 4.30. The van der Waals surface area contributed by atoms with Gasteiger partial charge in [-0.05, 0) is 68.9 Å². The lowest BCUT2D eigenvalue weighted by Crippen LogP contribution is -2.45. The number of carbonyl (C=O) groups is 2. The lowest BCUT2D eigenvalue weighted by Gasteiger charge is -2.35. The maximum absolute atomic E-state index is 12.8. The number of aryl methyl sites for hydroxylation is 1. The molecule has 0 aliphatic carbocycles. The number of rotatable bonds is 3. The van der Waals surface area contributed by atoms with E-state index in [9.17, 15) is 9.59 Å². The van der Waals surface area contributed by atoms with Gasteiger partial charge in [0.05, 0.1) is 11.9 Å². The van der Waals surface area contributed by atoms with Crippen LogP contribution < -0.4 is 0 Å². The Hall–Kier alpha value is -2.63. The van der Waals surface area contributed by atoms with E-state index in [2.05, 4.69) is 5.10 Å². The molecule has 148 valence electrons. The SMILES string of the molecule is Cc1cnn(-c2ccc(C(=O)N3CCC(C(=O)N4CCCCC4)CC3)cc2)c1. The summed E-state index contributed by atoms with van der Waals surface area (Å²) in [6.45, 7) is 5.12. The molecule has 28 heavy (non-hydrogen) atoms. The quantitative estimate of drug-likeness (QED) is 0.822. The Morgan fingerprint density at radius 1 is 0.929 bits per heavy atom. The first-order valence-electron chi connectivity index (χ1n) is 10.3. The second-order valence-corrected chi connectivity index (χ2v) is 7.96. The predicted octanol–water partition coefficient (Wildman–Crippen LogP) is 3.05. The summed E-state index contributed by atoms with van der Waals surface area (Å²) in [7, 11) is 0. The lowest BCUT2D eigenvalue weighted by molar-refractivity contribution is -0.137. The van der Waals surface area contributed by atoms with Gasteiger partial charge in [-0.25, -0.2) is 4.68 Å². The lowest BCUT2D eigenvalue weighted by atomic mass is 9.94. The minimum atomic E-state index is 0.0482. The summed E-state index contributed by atoms with van der Waals surface area (Å²) >= 11 is 0. The highest BCUT2D eigenvalue weighted by molar-refractivity contribution is 5.94. The largest absolute Gasteiger partial charge is 0.342 e. The molecule has 6 heteroatoms. The minimum Gasteiger partial charge on any atom is -0.342 e. The fourth-order valence-electron chi connectivity index (χ4n) is 4.20. The summed E-state index contributed by atoms with van der Waals surface area (Å²) < 4.78 is 1.81. The Balaban J connectivity index is 1.34. The van der Waals surface area contributed by atoms with E-state index in [1.165, 1.54) is 6.42 Å². The Morgan fingerprint density at radius 2 is 1.61 bits per heavy atom. The zero-order valence-electron chi connectivity index (χ0n) is 16.5. The molecule has 2 fully saturated rings. The van der Waals surface area contributed by atoms with E-state index in [4.69, 9.17) is 0 Å². The van der Waals surface area contributed by atoms with E-state index in [1.807, 2.05) is 53.4 Å². The van der Waals surface area contributed by atoms with Crippen LogP contribution in [0.25, 0.3) is 5.69 Å². The van der Waals surface area contributed by atoms with Gasteiger partial charge < -0.3 is 9.80 Å². The third-order valence-electron chi connectivity index (χ3n) is 5.89. The molecule has 0 N–H and O–H groups in total. The molecule has 0 unspecified atom stereocenters. The second kappa shape index (κ2) is 8.17. The van der Waals surface area contributed by atoms with Gasteiger partial charge in [0.1, 0.15) is 0 Å². The number of aromatic nitrogens is 2. The summed E-state index contributed by atoms with van der Waals surface area (Å²) in [6.07, 6.45) is 8.79. The highest BCUT2D eigenvalue weighted by Gasteiger charge is 2.31. The molecule has 4 rings (SSSR count). The minimum absolute atomic E-state index is 0.0482. The van der Waals surface area contributed by atoms with Crippen molar-refractivity contribution in [2.24, 2.45) is 5.92 Å². The van der Waals surface area contributed by atoms with Gasteiger partial charge in [-0.1, -0.05) is 0 Å². The zero-order valence-corrected chi connectivity index (χ0v) is 16.5. The number of hydrogen-bond donors (Lipinski definition) is 0. The van der Waals surface area contributed by atoms with Crippen molar-refractivity contribution in [3.05, 3.63) is 47.8 Å². The number of piperidine rings is 2. The molecule has 0 atom stereocenters. The van der Waals surface area contributed by atoms with E-state index < -0.39 is 0 Å². The molecular formula is C22H28N4O2. The number of benzene rings is 1. The number of likely N-dealkylation sites (tertiary alicyclic amines) is 2. The zero-order chi connectivity index (χ0) is 19.5. The maximum Gasteiger partial charge on any atom is 0.253 e. The molecule has 6 nitrogen and oxygen atoms in total. The molecule has 1 aromatic carbocycles. The van der Waals surface area contributed by atoms with Gasteiger partial charge in [0.15, 0.2) is 0 Å². The van der Waals surface area contributed by atoms with Crippen LogP contribution in [0.4, 0.5) is 0 Å². The third kappa shape index (κ3) is 3.96. The van der Waals surface area contributed by atoms with E-state index in [0.717, 1.165) is 50.0 Å². The Morgan fingerprint density at radius 3 is 2.21 bits per heavy atom. The number of hydrogen-bond acceptors (Lipinski definition) is 3. The van der Waals surface area contributed by atoms with Crippen molar-refractivity contribution in [3.63, 3.8) is 0 Å². The first-order chi connectivity index (χ1) is 13.6. The maximum atomic E-state index is 12.8. The van der Waals surface area contributed by atoms with Crippen molar-refractivity contribution in [2.75, 3.05) is 26.2 Å². The fourth-order valence-corrected chi connectivity index (χ4v) is 4.20. The van der Waals surface area contributed by atoms with Gasteiger partial charge >= 0.3 is 0 Å². The average Bonchev–Trinajstić information content (AvgIpc) is 3.20. The average molecular weight is 380 g/mol. The van der Waals surface area contributed by atoms with Crippen LogP contribution in [0.5, 0.6) is 0 Å². The smallest absolute Gasteiger partial charge is 0.253 e. The summed E-state index contributed by atoms with van der Waals surface area (Å²) in [5.74, 6) is 0.422. The Bertz CT molecular complexity index is 828.